The number of aromatic carboxylic acids is 1. The van der Waals surface area contributed by atoms with Gasteiger partial charge in [-0.25, -0.2) is 14.8 Å². The molecule has 1 N–H and O–H groups in total. The molecule has 0 radical (unpaired) electrons. The van der Waals surface area contributed by atoms with Crippen molar-refractivity contribution in [3.63, 3.8) is 0 Å². The zero-order chi connectivity index (χ0) is 12.7. The van der Waals surface area contributed by atoms with Gasteiger partial charge in [0.2, 0.25) is 5.89 Å². The van der Waals surface area contributed by atoms with Crippen molar-refractivity contribution < 1.29 is 14.3 Å². The molecule has 90 valence electrons. The van der Waals surface area contributed by atoms with E-state index in [2.05, 4.69) is 9.97 Å². The van der Waals surface area contributed by atoms with Crippen LogP contribution in [0.3, 0.4) is 0 Å². The fourth-order valence-electron chi connectivity index (χ4n) is 1.63. The minimum absolute atomic E-state index is 0.191. The van der Waals surface area contributed by atoms with Gasteiger partial charge in [0.25, 0.3) is 0 Å². The molecule has 0 spiro atoms. The molecule has 0 aliphatic rings. The van der Waals surface area contributed by atoms with Gasteiger partial charge in [0.1, 0.15) is 11.2 Å². The molecule has 3 aromatic rings. The molecule has 18 heavy (non-hydrogen) atoms. The molecule has 0 amide bonds. The third-order valence-electron chi connectivity index (χ3n) is 2.47. The Morgan fingerprint density at radius 1 is 1.39 bits per heavy atom. The number of hydrogen-bond acceptors (Lipinski definition) is 5. The van der Waals surface area contributed by atoms with Gasteiger partial charge in [-0.3, -0.25) is 0 Å². The molecule has 3 rings (SSSR count). The smallest absolute Gasteiger partial charge is 0.335 e. The standard InChI is InChI=1S/C12H8N2O3S/c1-6-13-9(5-18-6)11-14-8-4-7(12(15)16)2-3-10(8)17-11/h2-5H,1H3,(H,15,16). The van der Waals surface area contributed by atoms with Gasteiger partial charge in [0.05, 0.1) is 10.6 Å². The molecule has 0 atom stereocenters. The van der Waals surface area contributed by atoms with E-state index in [-0.39, 0.29) is 5.56 Å². The number of rotatable bonds is 2. The molecule has 0 bridgehead atoms. The van der Waals surface area contributed by atoms with Crippen LogP contribution < -0.4 is 0 Å². The average molecular weight is 260 g/mol. The SMILES string of the molecule is Cc1nc(-c2nc3cc(C(=O)O)ccc3o2)cs1. The Hall–Kier alpha value is -2.21. The molecule has 0 fully saturated rings. The van der Waals surface area contributed by atoms with Gasteiger partial charge < -0.3 is 9.52 Å². The third-order valence-corrected chi connectivity index (χ3v) is 3.25. The molecule has 2 heterocycles. The summed E-state index contributed by atoms with van der Waals surface area (Å²) in [6.07, 6.45) is 0. The van der Waals surface area contributed by atoms with Gasteiger partial charge in [-0.1, -0.05) is 0 Å². The molecule has 0 unspecified atom stereocenters. The van der Waals surface area contributed by atoms with Crippen LogP contribution in [-0.2, 0) is 0 Å². The first kappa shape index (κ1) is 10.9. The van der Waals surface area contributed by atoms with Crippen molar-refractivity contribution in [1.82, 2.24) is 9.97 Å². The molecule has 0 aliphatic carbocycles. The Balaban J connectivity index is 2.13. The molecule has 2 aromatic heterocycles. The summed E-state index contributed by atoms with van der Waals surface area (Å²) >= 11 is 1.51. The number of benzene rings is 1. The van der Waals surface area contributed by atoms with E-state index in [0.717, 1.165) is 5.01 Å². The fourth-order valence-corrected chi connectivity index (χ4v) is 2.22. The predicted molar refractivity (Wildman–Crippen MR) is 66.8 cm³/mol. The quantitative estimate of drug-likeness (QED) is 0.766. The number of carboxylic acids is 1. The van der Waals surface area contributed by atoms with Crippen LogP contribution in [0.5, 0.6) is 0 Å². The van der Waals surface area contributed by atoms with Crippen molar-refractivity contribution in [2.45, 2.75) is 6.92 Å². The van der Waals surface area contributed by atoms with E-state index in [1.807, 2.05) is 12.3 Å². The lowest BCUT2D eigenvalue weighted by molar-refractivity contribution is 0.0697. The summed E-state index contributed by atoms with van der Waals surface area (Å²) < 4.78 is 5.54. The normalized spacial score (nSPS) is 10.9. The summed E-state index contributed by atoms with van der Waals surface area (Å²) in [5, 5.41) is 11.7. The van der Waals surface area contributed by atoms with Gasteiger partial charge in [-0.15, -0.1) is 11.3 Å². The zero-order valence-corrected chi connectivity index (χ0v) is 10.2. The number of oxazole rings is 1. The largest absolute Gasteiger partial charge is 0.478 e. The van der Waals surface area contributed by atoms with Gasteiger partial charge in [0.15, 0.2) is 5.58 Å². The first-order valence-electron chi connectivity index (χ1n) is 5.20. The van der Waals surface area contributed by atoms with E-state index in [9.17, 15) is 4.79 Å². The molecule has 5 nitrogen and oxygen atoms in total. The molecular formula is C12H8N2O3S. The summed E-state index contributed by atoms with van der Waals surface area (Å²) in [7, 11) is 0. The zero-order valence-electron chi connectivity index (χ0n) is 9.38. The Morgan fingerprint density at radius 3 is 2.89 bits per heavy atom. The Bertz CT molecular complexity index is 745. The van der Waals surface area contributed by atoms with E-state index >= 15 is 0 Å². The number of hydrogen-bond donors (Lipinski definition) is 1. The van der Waals surface area contributed by atoms with E-state index < -0.39 is 5.97 Å². The van der Waals surface area contributed by atoms with E-state index in [1.165, 1.54) is 23.5 Å². The highest BCUT2D eigenvalue weighted by Gasteiger charge is 2.12. The summed E-state index contributed by atoms with van der Waals surface area (Å²) in [5.74, 6) is -0.567. The Morgan fingerprint density at radius 2 is 2.22 bits per heavy atom. The number of carbonyl (C=O) groups is 1. The monoisotopic (exact) mass is 260 g/mol. The number of thiazole rings is 1. The fraction of sp³-hybridized carbons (Fsp3) is 0.0833. The van der Waals surface area contributed by atoms with Crippen LogP contribution >= 0.6 is 11.3 Å². The molecule has 0 saturated carbocycles. The van der Waals surface area contributed by atoms with Crippen LogP contribution in [0.25, 0.3) is 22.7 Å². The van der Waals surface area contributed by atoms with Gasteiger partial charge in [-0.2, -0.15) is 0 Å². The number of nitrogens with zero attached hydrogens (tertiary/aromatic N) is 2. The number of aryl methyl sites for hydroxylation is 1. The predicted octanol–water partition coefficient (Wildman–Crippen LogP) is 2.96. The van der Waals surface area contributed by atoms with Crippen LogP contribution in [0, 0.1) is 6.92 Å². The summed E-state index contributed by atoms with van der Waals surface area (Å²) in [6.45, 7) is 1.90. The first-order valence-corrected chi connectivity index (χ1v) is 6.08. The van der Waals surface area contributed by atoms with Crippen molar-refractivity contribution >= 4 is 28.4 Å². The van der Waals surface area contributed by atoms with E-state index in [1.54, 1.807) is 6.07 Å². The van der Waals surface area contributed by atoms with Crippen molar-refractivity contribution in [2.24, 2.45) is 0 Å². The highest BCUT2D eigenvalue weighted by molar-refractivity contribution is 7.09. The third kappa shape index (κ3) is 1.76. The maximum atomic E-state index is 10.9. The lowest BCUT2D eigenvalue weighted by atomic mass is 10.2. The lowest BCUT2D eigenvalue weighted by Gasteiger charge is -1.91. The Kier molecular flexibility index (Phi) is 2.38. The van der Waals surface area contributed by atoms with Crippen LogP contribution in [0.1, 0.15) is 15.4 Å². The maximum absolute atomic E-state index is 10.9. The first-order chi connectivity index (χ1) is 8.63. The van der Waals surface area contributed by atoms with Gasteiger partial charge in [0, 0.05) is 5.38 Å². The second-order valence-corrected chi connectivity index (χ2v) is 4.82. The molecule has 1 aromatic carbocycles. The average Bonchev–Trinajstić information content (AvgIpc) is 2.93. The second kappa shape index (κ2) is 3.92. The summed E-state index contributed by atoms with van der Waals surface area (Å²) in [4.78, 5) is 19.4. The molecule has 0 saturated heterocycles. The number of carboxylic acid groups (broad SMARTS) is 1. The molecular weight excluding hydrogens is 252 g/mol. The number of fused-ring (bicyclic) bond motifs is 1. The van der Waals surface area contributed by atoms with Crippen molar-refractivity contribution in [2.75, 3.05) is 0 Å². The second-order valence-electron chi connectivity index (χ2n) is 3.76. The lowest BCUT2D eigenvalue weighted by Crippen LogP contribution is -1.94. The van der Waals surface area contributed by atoms with Crippen molar-refractivity contribution in [1.29, 1.82) is 0 Å². The minimum Gasteiger partial charge on any atom is -0.478 e. The van der Waals surface area contributed by atoms with Crippen molar-refractivity contribution in [3.05, 3.63) is 34.2 Å². The van der Waals surface area contributed by atoms with Crippen LogP contribution in [0.2, 0.25) is 0 Å². The number of aromatic nitrogens is 2. The van der Waals surface area contributed by atoms with Crippen LogP contribution in [0.15, 0.2) is 28.0 Å². The highest BCUT2D eigenvalue weighted by atomic mass is 32.1. The van der Waals surface area contributed by atoms with Gasteiger partial charge in [-0.05, 0) is 25.1 Å². The van der Waals surface area contributed by atoms with Crippen LogP contribution in [-0.4, -0.2) is 21.0 Å². The van der Waals surface area contributed by atoms with E-state index in [4.69, 9.17) is 9.52 Å². The van der Waals surface area contributed by atoms with E-state index in [0.29, 0.717) is 22.7 Å². The molecule has 6 heteroatoms. The molecule has 0 aliphatic heterocycles. The highest BCUT2D eigenvalue weighted by Crippen LogP contribution is 2.25. The van der Waals surface area contributed by atoms with Crippen LogP contribution in [0.4, 0.5) is 0 Å². The summed E-state index contributed by atoms with van der Waals surface area (Å²) in [6, 6.07) is 4.59. The van der Waals surface area contributed by atoms with Gasteiger partial charge >= 0.3 is 5.97 Å². The maximum Gasteiger partial charge on any atom is 0.335 e. The summed E-state index contributed by atoms with van der Waals surface area (Å²) in [5.41, 5.74) is 1.94. The minimum atomic E-state index is -0.981. The topological polar surface area (TPSA) is 76.2 Å². The Labute approximate surface area is 106 Å². The van der Waals surface area contributed by atoms with Crippen molar-refractivity contribution in [3.8, 4) is 11.6 Å².